The van der Waals surface area contributed by atoms with Gasteiger partial charge < -0.3 is 14.2 Å². The fourth-order valence-electron chi connectivity index (χ4n) is 4.51. The Morgan fingerprint density at radius 3 is 2.72 bits per heavy atom. The molecule has 3 aromatic rings. The molecule has 4 rings (SSSR count). The van der Waals surface area contributed by atoms with E-state index in [-0.39, 0.29) is 11.5 Å². The first-order chi connectivity index (χ1) is 14.0. The molecule has 0 unspecified atom stereocenters. The number of likely N-dealkylation sites (tertiary alicyclic amines) is 1. The van der Waals surface area contributed by atoms with Gasteiger partial charge in [-0.2, -0.15) is 0 Å². The minimum absolute atomic E-state index is 0.0210. The van der Waals surface area contributed by atoms with Crippen molar-refractivity contribution in [2.24, 2.45) is 11.8 Å². The van der Waals surface area contributed by atoms with Crippen molar-refractivity contribution in [3.63, 3.8) is 0 Å². The predicted octanol–water partition coefficient (Wildman–Crippen LogP) is 2.80. The molecule has 2 atom stereocenters. The summed E-state index contributed by atoms with van der Waals surface area (Å²) in [5.41, 5.74) is 1.54. The van der Waals surface area contributed by atoms with Crippen LogP contribution in [0.25, 0.3) is 16.7 Å². The zero-order valence-corrected chi connectivity index (χ0v) is 17.3. The minimum atomic E-state index is -0.148. The first kappa shape index (κ1) is 19.6. The van der Waals surface area contributed by atoms with Crippen molar-refractivity contribution in [3.05, 3.63) is 46.5 Å². The van der Waals surface area contributed by atoms with E-state index in [0.717, 1.165) is 25.9 Å². The van der Waals surface area contributed by atoms with Crippen LogP contribution in [0.2, 0.25) is 0 Å². The quantitative estimate of drug-likeness (QED) is 0.622. The lowest BCUT2D eigenvalue weighted by Gasteiger charge is -2.35. The molecule has 0 aliphatic carbocycles. The highest BCUT2D eigenvalue weighted by molar-refractivity contribution is 5.98. The largest absolute Gasteiger partial charge is 0.385 e. The Balaban J connectivity index is 1.84. The number of aromatic nitrogens is 3. The van der Waals surface area contributed by atoms with Gasteiger partial charge in [-0.1, -0.05) is 19.9 Å². The van der Waals surface area contributed by atoms with Gasteiger partial charge in [0.15, 0.2) is 0 Å². The summed E-state index contributed by atoms with van der Waals surface area (Å²) in [7, 11) is 1.66. The highest BCUT2D eigenvalue weighted by Gasteiger charge is 2.29. The first-order valence-electron chi connectivity index (χ1n) is 10.3. The first-order valence-corrected chi connectivity index (χ1v) is 10.3. The van der Waals surface area contributed by atoms with E-state index in [1.165, 1.54) is 4.40 Å². The van der Waals surface area contributed by atoms with Crippen LogP contribution < -0.4 is 5.56 Å². The average Bonchev–Trinajstić information content (AvgIpc) is 3.06. The average molecular weight is 396 g/mol. The molecule has 29 heavy (non-hydrogen) atoms. The van der Waals surface area contributed by atoms with Crippen LogP contribution in [0.1, 0.15) is 37.2 Å². The summed E-state index contributed by atoms with van der Waals surface area (Å²) in [6.07, 6.45) is 3.58. The number of hydrogen-bond acceptors (Lipinski definition) is 4. The molecule has 7 nitrogen and oxygen atoms in total. The lowest BCUT2D eigenvalue weighted by Crippen LogP contribution is -2.43. The van der Waals surface area contributed by atoms with Crippen molar-refractivity contribution < 1.29 is 9.53 Å². The van der Waals surface area contributed by atoms with Gasteiger partial charge in [0, 0.05) is 39.5 Å². The second-order valence-electron chi connectivity index (χ2n) is 8.27. The molecule has 154 valence electrons. The number of pyridine rings is 1. The summed E-state index contributed by atoms with van der Waals surface area (Å²) < 4.78 is 8.62. The van der Waals surface area contributed by atoms with E-state index in [1.807, 2.05) is 21.6 Å². The molecule has 1 fully saturated rings. The van der Waals surface area contributed by atoms with Gasteiger partial charge in [0.2, 0.25) is 0 Å². The van der Waals surface area contributed by atoms with E-state index in [0.29, 0.717) is 47.4 Å². The van der Waals surface area contributed by atoms with Gasteiger partial charge in [0.05, 0.1) is 5.39 Å². The maximum absolute atomic E-state index is 13.5. The molecule has 1 aliphatic heterocycles. The van der Waals surface area contributed by atoms with Gasteiger partial charge in [-0.05, 0) is 42.9 Å². The van der Waals surface area contributed by atoms with Gasteiger partial charge in [-0.15, -0.1) is 0 Å². The van der Waals surface area contributed by atoms with Crippen molar-refractivity contribution in [1.82, 2.24) is 18.9 Å². The summed E-state index contributed by atoms with van der Waals surface area (Å²) in [4.78, 5) is 33.1. The Labute approximate surface area is 169 Å². The third-order valence-corrected chi connectivity index (χ3v) is 5.68. The number of piperidine rings is 1. The van der Waals surface area contributed by atoms with Crippen LogP contribution in [0, 0.1) is 11.8 Å². The van der Waals surface area contributed by atoms with E-state index >= 15 is 0 Å². The molecular weight excluding hydrogens is 368 g/mol. The molecular formula is C22H28N4O3. The van der Waals surface area contributed by atoms with Crippen LogP contribution in [-0.2, 0) is 11.3 Å². The topological polar surface area (TPSA) is 68.8 Å². The molecule has 0 aromatic carbocycles. The van der Waals surface area contributed by atoms with E-state index in [4.69, 9.17) is 9.72 Å². The van der Waals surface area contributed by atoms with Crippen molar-refractivity contribution in [1.29, 1.82) is 0 Å². The van der Waals surface area contributed by atoms with Gasteiger partial charge in [0.25, 0.3) is 11.5 Å². The van der Waals surface area contributed by atoms with Crippen molar-refractivity contribution in [2.75, 3.05) is 26.8 Å². The van der Waals surface area contributed by atoms with Crippen molar-refractivity contribution in [2.45, 2.75) is 33.2 Å². The van der Waals surface area contributed by atoms with Gasteiger partial charge in [-0.25, -0.2) is 4.98 Å². The molecule has 0 saturated carbocycles. The van der Waals surface area contributed by atoms with Crippen LogP contribution in [-0.4, -0.2) is 51.6 Å². The highest BCUT2D eigenvalue weighted by Crippen LogP contribution is 2.25. The Morgan fingerprint density at radius 1 is 1.24 bits per heavy atom. The van der Waals surface area contributed by atoms with E-state index in [9.17, 15) is 9.59 Å². The third-order valence-electron chi connectivity index (χ3n) is 5.68. The number of nitrogens with zero attached hydrogens (tertiary/aromatic N) is 4. The molecule has 7 heteroatoms. The van der Waals surface area contributed by atoms with Gasteiger partial charge in [0.1, 0.15) is 17.0 Å². The van der Waals surface area contributed by atoms with Crippen LogP contribution in [0.15, 0.2) is 35.3 Å². The third kappa shape index (κ3) is 3.67. The number of fused-ring (bicyclic) bond motifs is 2. The molecule has 0 spiro atoms. The summed E-state index contributed by atoms with van der Waals surface area (Å²) in [6.45, 7) is 7.02. The summed E-state index contributed by atoms with van der Waals surface area (Å²) in [5, 5.41) is 0.479. The number of methoxy groups -OCH3 is 1. The normalized spacial score (nSPS) is 19.9. The van der Waals surface area contributed by atoms with Gasteiger partial charge >= 0.3 is 0 Å². The van der Waals surface area contributed by atoms with Gasteiger partial charge in [-0.3, -0.25) is 14.0 Å². The Bertz CT molecular complexity index is 1090. The molecule has 3 aromatic heterocycles. The van der Waals surface area contributed by atoms with E-state index < -0.39 is 0 Å². The van der Waals surface area contributed by atoms with Crippen LogP contribution in [0.5, 0.6) is 0 Å². The lowest BCUT2D eigenvalue weighted by atomic mass is 9.92. The predicted molar refractivity (Wildman–Crippen MR) is 112 cm³/mol. The number of carbonyl (C=O) groups is 1. The second-order valence-corrected chi connectivity index (χ2v) is 8.27. The lowest BCUT2D eigenvalue weighted by molar-refractivity contribution is 0.0612. The smallest absolute Gasteiger partial charge is 0.270 e. The summed E-state index contributed by atoms with van der Waals surface area (Å²) in [5.74, 6) is 0.924. The molecule has 4 heterocycles. The second kappa shape index (κ2) is 7.99. The molecule has 1 amide bonds. The fraction of sp³-hybridized carbons (Fsp3) is 0.500. The maximum Gasteiger partial charge on any atom is 0.270 e. The fourth-order valence-corrected chi connectivity index (χ4v) is 4.51. The van der Waals surface area contributed by atoms with Crippen molar-refractivity contribution >= 4 is 22.6 Å². The number of carbonyl (C=O) groups excluding carboxylic acids is 1. The number of aryl methyl sites for hydroxylation is 1. The number of amides is 1. The molecule has 1 aliphatic rings. The SMILES string of the molecule is COCCCn1c(C(=O)N2C[C@@H](C)C[C@H](C)C2)cc2c(=O)n3ccccc3nc21. The number of rotatable bonds is 5. The van der Waals surface area contributed by atoms with Crippen LogP contribution in [0.3, 0.4) is 0 Å². The standard InChI is InChI=1S/C22H28N4O3/c1-15-11-16(2)14-24(13-15)22(28)18-12-17-20(25(18)9-6-10-29-3)23-19-7-4-5-8-26(19)21(17)27/h4-5,7-8,12,15-16H,6,9-11,13-14H2,1-3H3/t15-,16-/m0/s1. The number of ether oxygens (including phenoxy) is 1. The summed E-state index contributed by atoms with van der Waals surface area (Å²) in [6, 6.07) is 7.19. The molecule has 0 bridgehead atoms. The Hall–Kier alpha value is -2.67. The summed E-state index contributed by atoms with van der Waals surface area (Å²) >= 11 is 0. The monoisotopic (exact) mass is 396 g/mol. The van der Waals surface area contributed by atoms with E-state index in [2.05, 4.69) is 13.8 Å². The highest BCUT2D eigenvalue weighted by atomic mass is 16.5. The Morgan fingerprint density at radius 2 is 2.00 bits per heavy atom. The minimum Gasteiger partial charge on any atom is -0.385 e. The number of hydrogen-bond donors (Lipinski definition) is 0. The van der Waals surface area contributed by atoms with Crippen molar-refractivity contribution in [3.8, 4) is 0 Å². The van der Waals surface area contributed by atoms with Crippen LogP contribution in [0.4, 0.5) is 0 Å². The molecule has 0 radical (unpaired) electrons. The molecule has 0 N–H and O–H groups in total. The maximum atomic E-state index is 13.5. The molecule has 1 saturated heterocycles. The zero-order chi connectivity index (χ0) is 20.5. The zero-order valence-electron chi connectivity index (χ0n) is 17.3. The Kier molecular flexibility index (Phi) is 5.41. The van der Waals surface area contributed by atoms with Crippen LogP contribution >= 0.6 is 0 Å². The van der Waals surface area contributed by atoms with E-state index in [1.54, 1.807) is 25.4 Å².